The third kappa shape index (κ3) is 2.44. The molecule has 0 atom stereocenters. The highest BCUT2D eigenvalue weighted by Gasteiger charge is 2.16. The minimum atomic E-state index is -0.219. The van der Waals surface area contributed by atoms with Gasteiger partial charge in [-0.05, 0) is 35.9 Å². The molecule has 0 aliphatic carbocycles. The minimum absolute atomic E-state index is 0.219. The fraction of sp³-hybridized carbons (Fsp3) is 0.0952. The molecule has 28 heavy (non-hydrogen) atoms. The van der Waals surface area contributed by atoms with Crippen molar-refractivity contribution in [3.63, 3.8) is 0 Å². The van der Waals surface area contributed by atoms with E-state index in [1.165, 1.54) is 0 Å². The lowest BCUT2D eigenvalue weighted by molar-refractivity contribution is 0.776. The molecule has 5 aromatic rings. The van der Waals surface area contributed by atoms with Crippen LogP contribution in [0, 0.1) is 0 Å². The molecule has 0 aliphatic rings. The molecule has 1 aromatic carbocycles. The second kappa shape index (κ2) is 6.17. The highest BCUT2D eigenvalue weighted by Crippen LogP contribution is 2.34. The van der Waals surface area contributed by atoms with Crippen LogP contribution in [0.5, 0.6) is 0 Å². The monoisotopic (exact) mass is 370 g/mol. The number of fused-ring (bicyclic) bond motifs is 2. The van der Waals surface area contributed by atoms with E-state index in [9.17, 15) is 4.79 Å². The lowest BCUT2D eigenvalue weighted by atomic mass is 9.99. The highest BCUT2D eigenvalue weighted by molar-refractivity contribution is 5.91. The van der Waals surface area contributed by atoms with Crippen LogP contribution in [-0.4, -0.2) is 24.4 Å². The summed E-state index contributed by atoms with van der Waals surface area (Å²) in [5, 5.41) is 12.4. The van der Waals surface area contributed by atoms with Gasteiger partial charge in [-0.2, -0.15) is 10.2 Å². The number of hydrogen-bond acceptors (Lipinski definition) is 4. The molecule has 0 amide bonds. The van der Waals surface area contributed by atoms with Gasteiger partial charge in [0.25, 0.3) is 5.56 Å². The number of aromatic nitrogens is 5. The Hall–Kier alpha value is -3.71. The van der Waals surface area contributed by atoms with E-state index in [2.05, 4.69) is 38.0 Å². The number of nitrogens with zero attached hydrogens (tertiary/aromatic N) is 4. The molecule has 0 fully saturated rings. The highest BCUT2D eigenvalue weighted by atomic mass is 16.1. The number of aryl methyl sites for hydroxylation is 1. The van der Waals surface area contributed by atoms with Crippen LogP contribution in [0.15, 0.2) is 65.8 Å². The van der Waals surface area contributed by atoms with Crippen molar-refractivity contribution in [1.29, 1.82) is 0 Å². The SMILES string of the molecule is Cn1ncc(-c2ccc3c(=O)[nH]nc(CN)c3c2)c1-c1cc2ccccn2c1. The molecule has 7 nitrogen and oxygen atoms in total. The van der Waals surface area contributed by atoms with Crippen LogP contribution < -0.4 is 11.3 Å². The van der Waals surface area contributed by atoms with Crippen molar-refractivity contribution in [1.82, 2.24) is 24.4 Å². The number of nitrogens with two attached hydrogens (primary N) is 1. The van der Waals surface area contributed by atoms with Crippen LogP contribution in [0.3, 0.4) is 0 Å². The number of benzene rings is 1. The molecule has 4 aromatic heterocycles. The Labute approximate surface area is 160 Å². The molecule has 0 spiro atoms. The number of aromatic amines is 1. The van der Waals surface area contributed by atoms with E-state index in [0.717, 1.165) is 33.3 Å². The molecule has 7 heteroatoms. The van der Waals surface area contributed by atoms with Gasteiger partial charge in [0.1, 0.15) is 0 Å². The summed E-state index contributed by atoms with van der Waals surface area (Å²) in [4.78, 5) is 12.1. The topological polar surface area (TPSA) is 94.0 Å². The summed E-state index contributed by atoms with van der Waals surface area (Å²) in [6.07, 6.45) is 5.96. The van der Waals surface area contributed by atoms with Gasteiger partial charge < -0.3 is 10.1 Å². The Morgan fingerprint density at radius 2 is 2.00 bits per heavy atom. The fourth-order valence-corrected chi connectivity index (χ4v) is 3.72. The maximum absolute atomic E-state index is 12.1. The molecule has 4 heterocycles. The predicted octanol–water partition coefficient (Wildman–Crippen LogP) is 2.70. The van der Waals surface area contributed by atoms with Crippen molar-refractivity contribution in [3.05, 3.63) is 77.1 Å². The molecule has 0 saturated heterocycles. The van der Waals surface area contributed by atoms with Crippen LogP contribution in [0.25, 0.3) is 38.7 Å². The molecule has 0 saturated carbocycles. The summed E-state index contributed by atoms with van der Waals surface area (Å²) in [6.45, 7) is 0.251. The quantitative estimate of drug-likeness (QED) is 0.511. The van der Waals surface area contributed by atoms with Gasteiger partial charge >= 0.3 is 0 Å². The molecule has 0 unspecified atom stereocenters. The largest absolute Gasteiger partial charge is 0.325 e. The maximum atomic E-state index is 12.1. The van der Waals surface area contributed by atoms with Gasteiger partial charge in [-0.1, -0.05) is 12.1 Å². The minimum Gasteiger partial charge on any atom is -0.325 e. The predicted molar refractivity (Wildman–Crippen MR) is 109 cm³/mol. The van der Waals surface area contributed by atoms with Gasteiger partial charge in [0.15, 0.2) is 0 Å². The molecular weight excluding hydrogens is 352 g/mol. The zero-order valence-electron chi connectivity index (χ0n) is 15.3. The Morgan fingerprint density at radius 1 is 1.11 bits per heavy atom. The van der Waals surface area contributed by atoms with Crippen LogP contribution in [0.4, 0.5) is 0 Å². The average Bonchev–Trinajstić information content (AvgIpc) is 3.31. The van der Waals surface area contributed by atoms with E-state index in [0.29, 0.717) is 11.1 Å². The first-order valence-corrected chi connectivity index (χ1v) is 8.96. The van der Waals surface area contributed by atoms with Crippen molar-refractivity contribution in [2.75, 3.05) is 0 Å². The smallest absolute Gasteiger partial charge is 0.272 e. The van der Waals surface area contributed by atoms with E-state index in [1.54, 1.807) is 0 Å². The summed E-state index contributed by atoms with van der Waals surface area (Å²) in [5.41, 5.74) is 11.4. The second-order valence-corrected chi connectivity index (χ2v) is 6.76. The van der Waals surface area contributed by atoms with Crippen molar-refractivity contribution in [2.24, 2.45) is 12.8 Å². The third-order valence-corrected chi connectivity index (χ3v) is 5.09. The van der Waals surface area contributed by atoms with Crippen molar-refractivity contribution >= 4 is 16.3 Å². The van der Waals surface area contributed by atoms with Gasteiger partial charge in [0, 0.05) is 48.0 Å². The lowest BCUT2D eigenvalue weighted by Crippen LogP contribution is -2.13. The first kappa shape index (κ1) is 16.5. The van der Waals surface area contributed by atoms with Gasteiger partial charge in [-0.3, -0.25) is 9.48 Å². The number of nitrogens with one attached hydrogen (secondary N) is 1. The Bertz CT molecular complexity index is 1360. The van der Waals surface area contributed by atoms with Gasteiger partial charge in [-0.15, -0.1) is 0 Å². The zero-order valence-corrected chi connectivity index (χ0v) is 15.3. The van der Waals surface area contributed by atoms with E-state index < -0.39 is 0 Å². The summed E-state index contributed by atoms with van der Waals surface area (Å²) in [7, 11) is 1.93. The zero-order chi connectivity index (χ0) is 19.3. The standard InChI is InChI=1S/C21H18N6O/c1-26-20(14-8-15-4-2-3-7-27(15)12-14)18(11-23-26)13-5-6-16-17(9-13)19(10-22)24-25-21(16)28/h2-9,11-12H,10,22H2,1H3,(H,25,28). The Morgan fingerprint density at radius 3 is 2.82 bits per heavy atom. The van der Waals surface area contributed by atoms with E-state index in [-0.39, 0.29) is 12.1 Å². The molecule has 0 aliphatic heterocycles. The average molecular weight is 370 g/mol. The molecule has 3 N–H and O–H groups in total. The van der Waals surface area contributed by atoms with E-state index in [4.69, 9.17) is 5.73 Å². The lowest BCUT2D eigenvalue weighted by Gasteiger charge is -2.08. The molecule has 0 radical (unpaired) electrons. The van der Waals surface area contributed by atoms with Crippen LogP contribution >= 0.6 is 0 Å². The van der Waals surface area contributed by atoms with E-state index >= 15 is 0 Å². The van der Waals surface area contributed by atoms with Crippen LogP contribution in [-0.2, 0) is 13.6 Å². The van der Waals surface area contributed by atoms with Crippen LogP contribution in [0.2, 0.25) is 0 Å². The van der Waals surface area contributed by atoms with Crippen LogP contribution in [0.1, 0.15) is 5.69 Å². The first-order chi connectivity index (χ1) is 13.7. The van der Waals surface area contributed by atoms with Crippen molar-refractivity contribution < 1.29 is 0 Å². The Balaban J connectivity index is 1.74. The number of pyridine rings is 1. The summed E-state index contributed by atoms with van der Waals surface area (Å²) < 4.78 is 3.96. The number of hydrogen-bond donors (Lipinski definition) is 2. The van der Waals surface area contributed by atoms with Gasteiger partial charge in [0.05, 0.1) is 23.0 Å². The van der Waals surface area contributed by atoms with E-state index in [1.807, 2.05) is 54.5 Å². The summed E-state index contributed by atoms with van der Waals surface area (Å²) in [5.74, 6) is 0. The van der Waals surface area contributed by atoms with Gasteiger partial charge in [-0.25, -0.2) is 5.10 Å². The fourth-order valence-electron chi connectivity index (χ4n) is 3.72. The van der Waals surface area contributed by atoms with Crippen molar-refractivity contribution in [3.8, 4) is 22.4 Å². The molecular formula is C21H18N6O. The maximum Gasteiger partial charge on any atom is 0.272 e. The molecule has 5 rings (SSSR count). The molecule has 0 bridgehead atoms. The third-order valence-electron chi connectivity index (χ3n) is 5.09. The molecule has 138 valence electrons. The summed E-state index contributed by atoms with van der Waals surface area (Å²) in [6, 6.07) is 14.0. The second-order valence-electron chi connectivity index (χ2n) is 6.76. The number of rotatable bonds is 3. The first-order valence-electron chi connectivity index (χ1n) is 8.96. The Kier molecular flexibility index (Phi) is 3.63. The normalized spacial score (nSPS) is 11.5. The van der Waals surface area contributed by atoms with Crippen molar-refractivity contribution in [2.45, 2.75) is 6.54 Å². The summed E-state index contributed by atoms with van der Waals surface area (Å²) >= 11 is 0. The number of H-pyrrole nitrogens is 1. The van der Waals surface area contributed by atoms with Gasteiger partial charge in [0.2, 0.25) is 0 Å².